The van der Waals surface area contributed by atoms with Crippen LogP contribution < -0.4 is 14.8 Å². The van der Waals surface area contributed by atoms with Gasteiger partial charge in [-0.1, -0.05) is 49.7 Å². The maximum Gasteiger partial charge on any atom is 0.255 e. The Bertz CT molecular complexity index is 1890. The number of hydrogen-bond donors (Lipinski definition) is 2. The number of carbonyl (C=O) groups excluding carboxylic acids is 1. The number of aryl methyl sites for hydroxylation is 1. The third kappa shape index (κ3) is 8.89. The number of anilines is 1. The Hall–Kier alpha value is -4.33. The summed E-state index contributed by atoms with van der Waals surface area (Å²) in [5.41, 5.74) is 2.58. The number of sulfone groups is 1. The molecule has 2 aromatic heterocycles. The van der Waals surface area contributed by atoms with E-state index in [9.17, 15) is 13.2 Å². The smallest absolute Gasteiger partial charge is 0.255 e. The third-order valence-electron chi connectivity index (χ3n) is 6.87. The van der Waals surface area contributed by atoms with E-state index in [4.69, 9.17) is 21.1 Å². The highest BCUT2D eigenvalue weighted by Crippen LogP contribution is 2.29. The second kappa shape index (κ2) is 14.4. The predicted molar refractivity (Wildman–Crippen MR) is 176 cm³/mol. The highest BCUT2D eigenvalue weighted by atomic mass is 35.5. The van der Waals surface area contributed by atoms with Gasteiger partial charge in [-0.15, -0.1) is 21.5 Å². The van der Waals surface area contributed by atoms with Gasteiger partial charge in [0, 0.05) is 21.4 Å². The van der Waals surface area contributed by atoms with Crippen LogP contribution in [0.25, 0.3) is 0 Å². The number of tetrazole rings is 1. The molecule has 14 heteroatoms. The number of benzene rings is 3. The van der Waals surface area contributed by atoms with Crippen LogP contribution in [0.5, 0.6) is 11.5 Å². The largest absolute Gasteiger partial charge is 0.486 e. The van der Waals surface area contributed by atoms with Crippen molar-refractivity contribution < 1.29 is 22.7 Å². The van der Waals surface area contributed by atoms with Crippen molar-refractivity contribution in [3.63, 3.8) is 0 Å². The van der Waals surface area contributed by atoms with E-state index >= 15 is 0 Å². The van der Waals surface area contributed by atoms with Crippen LogP contribution in [0.15, 0.2) is 77.0 Å². The van der Waals surface area contributed by atoms with Gasteiger partial charge in [0.2, 0.25) is 5.82 Å². The number of ether oxygens (including phenoxy) is 2. The van der Waals surface area contributed by atoms with E-state index < -0.39 is 9.84 Å². The Morgan fingerprint density at radius 2 is 1.83 bits per heavy atom. The number of amides is 1. The van der Waals surface area contributed by atoms with E-state index in [-0.39, 0.29) is 35.2 Å². The number of nitrogens with one attached hydrogen (secondary N) is 2. The number of hydrogen-bond acceptors (Lipinski definition) is 10. The van der Waals surface area contributed by atoms with Crippen LogP contribution in [-0.4, -0.2) is 45.7 Å². The first-order valence-corrected chi connectivity index (χ1v) is 17.3. The fourth-order valence-electron chi connectivity index (χ4n) is 4.36. The third-order valence-corrected chi connectivity index (χ3v) is 9.76. The normalized spacial score (nSPS) is 11.7. The Labute approximate surface area is 276 Å². The Kier molecular flexibility index (Phi) is 10.3. The van der Waals surface area contributed by atoms with E-state index in [1.165, 1.54) is 23.5 Å². The second-order valence-corrected chi connectivity index (χ2v) is 15.0. The van der Waals surface area contributed by atoms with Crippen molar-refractivity contribution in [2.75, 3.05) is 11.1 Å². The molecule has 0 radical (unpaired) electrons. The summed E-state index contributed by atoms with van der Waals surface area (Å²) in [6, 6.07) is 18.3. The number of halogens is 1. The molecule has 0 spiro atoms. The molecule has 0 fully saturated rings. The molecule has 0 saturated heterocycles. The standard InChI is InChI=1S/C32H33ClN6O5S2/c1-32(2,3)28-20-45-30(35-28)19-43-24-8-4-7-22(17-24)31(40)34-26-16-21(9-14-27(26)44-18-29-36-38-39-37-29)6-5-15-46(41,42)25-12-10-23(33)11-13-25/h4,7-14,16-17,20H,5-6,15,18-19H2,1-3H3,(H,34,40)(H,36,37,38,39). The lowest BCUT2D eigenvalue weighted by Crippen LogP contribution is -2.14. The van der Waals surface area contributed by atoms with Crippen LogP contribution in [0.2, 0.25) is 5.02 Å². The maximum absolute atomic E-state index is 13.4. The zero-order chi connectivity index (χ0) is 32.7. The predicted octanol–water partition coefficient (Wildman–Crippen LogP) is 6.42. The lowest BCUT2D eigenvalue weighted by atomic mass is 9.93. The van der Waals surface area contributed by atoms with E-state index in [1.54, 1.807) is 48.5 Å². The average Bonchev–Trinajstić information content (AvgIpc) is 3.73. The van der Waals surface area contributed by atoms with Crippen LogP contribution in [0, 0.1) is 0 Å². The van der Waals surface area contributed by atoms with Crippen LogP contribution in [0.3, 0.4) is 0 Å². The first-order valence-electron chi connectivity index (χ1n) is 14.4. The summed E-state index contributed by atoms with van der Waals surface area (Å²) < 4.78 is 37.5. The molecule has 1 amide bonds. The lowest BCUT2D eigenvalue weighted by Gasteiger charge is -2.14. The molecular weight excluding hydrogens is 648 g/mol. The zero-order valence-corrected chi connectivity index (χ0v) is 27.9. The second-order valence-electron chi connectivity index (χ2n) is 11.5. The molecule has 240 valence electrons. The molecule has 0 aliphatic rings. The van der Waals surface area contributed by atoms with Crippen molar-refractivity contribution in [3.8, 4) is 11.5 Å². The molecular formula is C32H33ClN6O5S2. The monoisotopic (exact) mass is 680 g/mol. The van der Waals surface area contributed by atoms with E-state index in [1.807, 2.05) is 11.4 Å². The summed E-state index contributed by atoms with van der Waals surface area (Å²) in [5.74, 6) is 0.846. The van der Waals surface area contributed by atoms with Gasteiger partial charge in [0.25, 0.3) is 5.91 Å². The van der Waals surface area contributed by atoms with Gasteiger partial charge >= 0.3 is 0 Å². The van der Waals surface area contributed by atoms with E-state index in [2.05, 4.69) is 51.7 Å². The minimum Gasteiger partial charge on any atom is -0.486 e. The number of carbonyl (C=O) groups is 1. The molecule has 2 N–H and O–H groups in total. The first-order chi connectivity index (χ1) is 22.0. The van der Waals surface area contributed by atoms with Gasteiger partial charge in [0.1, 0.15) is 23.1 Å². The number of aromatic amines is 1. The molecule has 3 aromatic carbocycles. The molecule has 46 heavy (non-hydrogen) atoms. The fourth-order valence-corrected chi connectivity index (χ4v) is 6.73. The molecule has 0 unspecified atom stereocenters. The number of rotatable bonds is 13. The molecule has 5 aromatic rings. The quantitative estimate of drug-likeness (QED) is 0.144. The summed E-state index contributed by atoms with van der Waals surface area (Å²) in [5, 5.41) is 20.0. The maximum atomic E-state index is 13.4. The first kappa shape index (κ1) is 33.0. The van der Waals surface area contributed by atoms with Crippen molar-refractivity contribution in [1.29, 1.82) is 0 Å². The van der Waals surface area contributed by atoms with Crippen LogP contribution in [0.1, 0.15) is 59.6 Å². The van der Waals surface area contributed by atoms with Gasteiger partial charge < -0.3 is 14.8 Å². The lowest BCUT2D eigenvalue weighted by molar-refractivity contribution is 0.102. The highest BCUT2D eigenvalue weighted by molar-refractivity contribution is 7.91. The van der Waals surface area contributed by atoms with Crippen molar-refractivity contribution in [3.05, 3.63) is 105 Å². The van der Waals surface area contributed by atoms with Crippen molar-refractivity contribution in [2.24, 2.45) is 0 Å². The zero-order valence-electron chi connectivity index (χ0n) is 25.5. The van der Waals surface area contributed by atoms with Gasteiger partial charge in [-0.3, -0.25) is 4.79 Å². The Morgan fingerprint density at radius 3 is 2.54 bits per heavy atom. The molecule has 0 saturated carbocycles. The Balaban J connectivity index is 1.27. The number of thiazole rings is 1. The molecule has 5 rings (SSSR count). The van der Waals surface area contributed by atoms with Crippen LogP contribution in [-0.2, 0) is 34.9 Å². The van der Waals surface area contributed by atoms with E-state index in [0.29, 0.717) is 46.4 Å². The summed E-state index contributed by atoms with van der Waals surface area (Å²) in [4.78, 5) is 18.3. The van der Waals surface area contributed by atoms with Crippen molar-refractivity contribution >= 4 is 44.4 Å². The molecule has 0 atom stereocenters. The summed E-state index contributed by atoms with van der Waals surface area (Å²) >= 11 is 7.44. The molecule has 11 nitrogen and oxygen atoms in total. The number of H-pyrrole nitrogens is 1. The minimum absolute atomic E-state index is 0.0229. The van der Waals surface area contributed by atoms with Crippen molar-refractivity contribution in [2.45, 2.75) is 57.1 Å². The van der Waals surface area contributed by atoms with Gasteiger partial charge in [0.05, 0.1) is 22.0 Å². The highest BCUT2D eigenvalue weighted by Gasteiger charge is 2.19. The van der Waals surface area contributed by atoms with E-state index in [0.717, 1.165) is 16.3 Å². The fraction of sp³-hybridized carbons (Fsp3) is 0.281. The van der Waals surface area contributed by atoms with Crippen LogP contribution >= 0.6 is 22.9 Å². The van der Waals surface area contributed by atoms with Crippen LogP contribution in [0.4, 0.5) is 5.69 Å². The van der Waals surface area contributed by atoms with Crippen molar-refractivity contribution in [1.82, 2.24) is 25.6 Å². The number of nitrogens with zero attached hydrogens (tertiary/aromatic N) is 4. The average molecular weight is 681 g/mol. The Morgan fingerprint density at radius 1 is 1.02 bits per heavy atom. The molecule has 0 aliphatic carbocycles. The van der Waals surface area contributed by atoms with Gasteiger partial charge in [-0.25, -0.2) is 13.4 Å². The molecule has 2 heterocycles. The summed E-state index contributed by atoms with van der Waals surface area (Å²) in [7, 11) is -3.48. The summed E-state index contributed by atoms with van der Waals surface area (Å²) in [6.45, 7) is 6.64. The summed E-state index contributed by atoms with van der Waals surface area (Å²) in [6.07, 6.45) is 0.828. The number of aromatic nitrogens is 5. The topological polar surface area (TPSA) is 149 Å². The van der Waals surface area contributed by atoms with Gasteiger partial charge in [-0.05, 0) is 73.0 Å². The molecule has 0 bridgehead atoms. The minimum atomic E-state index is -3.48. The SMILES string of the molecule is CC(C)(C)c1csc(COc2cccc(C(=O)Nc3cc(CCCS(=O)(=O)c4ccc(Cl)cc4)ccc3OCc3nn[nH]n3)c2)n1. The van der Waals surface area contributed by atoms with Gasteiger partial charge in [0.15, 0.2) is 16.4 Å². The van der Waals surface area contributed by atoms with Gasteiger partial charge in [-0.2, -0.15) is 5.21 Å². The molecule has 0 aliphatic heterocycles.